The minimum atomic E-state index is -0.459. The predicted molar refractivity (Wildman–Crippen MR) is 120 cm³/mol. The van der Waals surface area contributed by atoms with Crippen LogP contribution < -0.4 is 15.4 Å². The summed E-state index contributed by atoms with van der Waals surface area (Å²) < 4.78 is 4.99. The van der Waals surface area contributed by atoms with Crippen LogP contribution in [0.3, 0.4) is 0 Å². The average molecular weight is 457 g/mol. The van der Waals surface area contributed by atoms with Crippen molar-refractivity contribution in [2.45, 2.75) is 13.5 Å². The van der Waals surface area contributed by atoms with E-state index in [0.717, 1.165) is 5.56 Å². The molecule has 0 spiro atoms. The molecule has 0 heterocycles. The van der Waals surface area contributed by atoms with Crippen LogP contribution >= 0.6 is 23.2 Å². The van der Waals surface area contributed by atoms with E-state index in [-0.39, 0.29) is 11.8 Å². The average Bonchev–Trinajstić information content (AvgIpc) is 2.74. The minimum Gasteiger partial charge on any atom is -0.427 e. The second-order valence-electron chi connectivity index (χ2n) is 6.58. The lowest BCUT2D eigenvalue weighted by Gasteiger charge is -2.09. The Balaban J connectivity index is 1.57. The predicted octanol–water partition coefficient (Wildman–Crippen LogP) is 5.10. The molecule has 0 aliphatic heterocycles. The summed E-state index contributed by atoms with van der Waals surface area (Å²) in [5, 5.41) is 6.27. The number of carbonyl (C=O) groups excluding carboxylic acids is 3. The molecule has 8 heteroatoms. The van der Waals surface area contributed by atoms with Crippen LogP contribution in [-0.4, -0.2) is 17.8 Å². The van der Waals surface area contributed by atoms with Crippen molar-refractivity contribution >= 4 is 46.7 Å². The molecule has 0 aromatic heterocycles. The highest BCUT2D eigenvalue weighted by Gasteiger charge is 2.10. The largest absolute Gasteiger partial charge is 0.427 e. The summed E-state index contributed by atoms with van der Waals surface area (Å²) in [5.41, 5.74) is 2.21. The molecule has 0 saturated carbocycles. The van der Waals surface area contributed by atoms with Crippen molar-refractivity contribution < 1.29 is 19.1 Å². The van der Waals surface area contributed by atoms with E-state index in [0.29, 0.717) is 39.2 Å². The molecule has 0 radical (unpaired) electrons. The zero-order valence-electron chi connectivity index (χ0n) is 16.4. The summed E-state index contributed by atoms with van der Waals surface area (Å²) in [6, 6.07) is 18.1. The van der Waals surface area contributed by atoms with Crippen LogP contribution in [0.2, 0.25) is 10.0 Å². The highest BCUT2D eigenvalue weighted by molar-refractivity contribution is 6.42. The number of benzene rings is 3. The zero-order valence-corrected chi connectivity index (χ0v) is 18.0. The molecule has 0 aliphatic carbocycles. The summed E-state index contributed by atoms with van der Waals surface area (Å²) in [6.07, 6.45) is 0. The lowest BCUT2D eigenvalue weighted by atomic mass is 10.1. The molecule has 3 rings (SSSR count). The Kier molecular flexibility index (Phi) is 7.28. The third-order valence-electron chi connectivity index (χ3n) is 4.20. The summed E-state index contributed by atoms with van der Waals surface area (Å²) in [5.74, 6) is -0.772. The first-order valence-electron chi connectivity index (χ1n) is 9.24. The van der Waals surface area contributed by atoms with Crippen molar-refractivity contribution in [3.63, 3.8) is 0 Å². The standard InChI is InChI=1S/C23H18Cl2N2O4/c1-14(28)31-19-4-2-3-16(11-19)23(30)27-18-8-5-15(6-9-18)13-26-22(29)17-7-10-20(24)21(25)12-17/h2-12H,13H2,1H3,(H,26,29)(H,27,30). The summed E-state index contributed by atoms with van der Waals surface area (Å²) >= 11 is 11.8. The smallest absolute Gasteiger partial charge is 0.308 e. The Bertz CT molecular complexity index is 1130. The maximum absolute atomic E-state index is 12.4. The van der Waals surface area contributed by atoms with E-state index in [9.17, 15) is 14.4 Å². The van der Waals surface area contributed by atoms with E-state index in [1.165, 1.54) is 19.1 Å². The quantitative estimate of drug-likeness (QED) is 0.399. The number of amides is 2. The van der Waals surface area contributed by atoms with E-state index in [4.69, 9.17) is 27.9 Å². The van der Waals surface area contributed by atoms with Gasteiger partial charge in [0.05, 0.1) is 10.0 Å². The Labute approximate surface area is 189 Å². The summed E-state index contributed by atoms with van der Waals surface area (Å²) in [4.78, 5) is 35.7. The SMILES string of the molecule is CC(=O)Oc1cccc(C(=O)Nc2ccc(CNC(=O)c3ccc(Cl)c(Cl)c3)cc2)c1. The number of esters is 1. The van der Waals surface area contributed by atoms with Crippen molar-refractivity contribution in [3.8, 4) is 5.75 Å². The Morgan fingerprint density at radius 3 is 2.23 bits per heavy atom. The molecular formula is C23H18Cl2N2O4. The Morgan fingerprint density at radius 1 is 0.839 bits per heavy atom. The van der Waals surface area contributed by atoms with E-state index in [1.54, 1.807) is 54.6 Å². The molecule has 3 aromatic rings. The molecule has 6 nitrogen and oxygen atoms in total. The first-order chi connectivity index (χ1) is 14.8. The highest BCUT2D eigenvalue weighted by Crippen LogP contribution is 2.22. The number of nitrogens with one attached hydrogen (secondary N) is 2. The van der Waals surface area contributed by atoms with Gasteiger partial charge in [0.1, 0.15) is 5.75 Å². The van der Waals surface area contributed by atoms with Gasteiger partial charge in [0.15, 0.2) is 0 Å². The van der Waals surface area contributed by atoms with Crippen LogP contribution in [0.25, 0.3) is 0 Å². The number of carbonyl (C=O) groups is 3. The van der Waals surface area contributed by atoms with Crippen LogP contribution in [0.1, 0.15) is 33.2 Å². The molecule has 0 saturated heterocycles. The van der Waals surface area contributed by atoms with Crippen molar-refractivity contribution in [2.24, 2.45) is 0 Å². The van der Waals surface area contributed by atoms with Gasteiger partial charge in [0.25, 0.3) is 11.8 Å². The second-order valence-corrected chi connectivity index (χ2v) is 7.40. The lowest BCUT2D eigenvalue weighted by Crippen LogP contribution is -2.22. The van der Waals surface area contributed by atoms with Crippen molar-refractivity contribution in [2.75, 3.05) is 5.32 Å². The minimum absolute atomic E-state index is 0.274. The molecule has 0 fully saturated rings. The van der Waals surface area contributed by atoms with Gasteiger partial charge in [-0.1, -0.05) is 41.4 Å². The highest BCUT2D eigenvalue weighted by atomic mass is 35.5. The van der Waals surface area contributed by atoms with Gasteiger partial charge in [-0.15, -0.1) is 0 Å². The van der Waals surface area contributed by atoms with Crippen LogP contribution in [-0.2, 0) is 11.3 Å². The van der Waals surface area contributed by atoms with Crippen molar-refractivity contribution in [1.29, 1.82) is 0 Å². The number of hydrogen-bond donors (Lipinski definition) is 2. The van der Waals surface area contributed by atoms with Crippen molar-refractivity contribution in [1.82, 2.24) is 5.32 Å². The molecule has 31 heavy (non-hydrogen) atoms. The van der Waals surface area contributed by atoms with Crippen molar-refractivity contribution in [3.05, 3.63) is 93.5 Å². The van der Waals surface area contributed by atoms with Gasteiger partial charge in [-0.25, -0.2) is 0 Å². The Hall–Kier alpha value is -3.35. The molecule has 0 aliphatic rings. The lowest BCUT2D eigenvalue weighted by molar-refractivity contribution is -0.131. The molecular weight excluding hydrogens is 439 g/mol. The van der Waals surface area contributed by atoms with Crippen LogP contribution in [0.5, 0.6) is 5.75 Å². The first kappa shape index (κ1) is 22.3. The maximum atomic E-state index is 12.4. The van der Waals surface area contributed by atoms with E-state index >= 15 is 0 Å². The number of rotatable bonds is 6. The third-order valence-corrected chi connectivity index (χ3v) is 4.94. The molecule has 3 aromatic carbocycles. The van der Waals surface area contributed by atoms with E-state index in [2.05, 4.69) is 10.6 Å². The van der Waals surface area contributed by atoms with Gasteiger partial charge in [-0.3, -0.25) is 14.4 Å². The van der Waals surface area contributed by atoms with Gasteiger partial charge in [-0.05, 0) is 54.1 Å². The number of anilines is 1. The molecule has 2 amide bonds. The molecule has 0 unspecified atom stereocenters. The van der Waals surface area contributed by atoms with E-state index in [1.807, 2.05) is 0 Å². The van der Waals surface area contributed by atoms with Crippen LogP contribution in [0, 0.1) is 0 Å². The van der Waals surface area contributed by atoms with Crippen LogP contribution in [0.15, 0.2) is 66.7 Å². The fourth-order valence-corrected chi connectivity index (χ4v) is 3.00. The van der Waals surface area contributed by atoms with Gasteiger partial charge < -0.3 is 15.4 Å². The monoisotopic (exact) mass is 456 g/mol. The molecule has 0 bridgehead atoms. The number of hydrogen-bond acceptors (Lipinski definition) is 4. The fraction of sp³-hybridized carbons (Fsp3) is 0.0870. The molecule has 2 N–H and O–H groups in total. The molecule has 0 atom stereocenters. The first-order valence-corrected chi connectivity index (χ1v) is 9.99. The second kappa shape index (κ2) is 10.1. The molecule has 158 valence electrons. The Morgan fingerprint density at radius 2 is 1.55 bits per heavy atom. The van der Waals surface area contributed by atoms with E-state index < -0.39 is 5.97 Å². The summed E-state index contributed by atoms with van der Waals surface area (Å²) in [7, 11) is 0. The number of ether oxygens (including phenoxy) is 1. The van der Waals surface area contributed by atoms with Gasteiger partial charge in [-0.2, -0.15) is 0 Å². The van der Waals surface area contributed by atoms with Gasteiger partial charge in [0, 0.05) is 30.3 Å². The summed E-state index contributed by atoms with van der Waals surface area (Å²) in [6.45, 7) is 1.60. The third kappa shape index (κ3) is 6.31. The maximum Gasteiger partial charge on any atom is 0.308 e. The zero-order chi connectivity index (χ0) is 22.4. The normalized spacial score (nSPS) is 10.3. The topological polar surface area (TPSA) is 84.5 Å². The van der Waals surface area contributed by atoms with Crippen LogP contribution in [0.4, 0.5) is 5.69 Å². The number of halogens is 2. The fourth-order valence-electron chi connectivity index (χ4n) is 2.70. The van der Waals surface area contributed by atoms with Gasteiger partial charge in [0.2, 0.25) is 0 Å². The van der Waals surface area contributed by atoms with Gasteiger partial charge >= 0.3 is 5.97 Å².